The molecule has 3 N–H and O–H groups in total. The van der Waals surface area contributed by atoms with Crippen LogP contribution in [-0.4, -0.2) is 29.6 Å². The van der Waals surface area contributed by atoms with Crippen LogP contribution in [-0.2, 0) is 4.79 Å². The fourth-order valence-corrected chi connectivity index (χ4v) is 2.33. The van der Waals surface area contributed by atoms with Gasteiger partial charge in [0.2, 0.25) is 5.91 Å². The molecule has 0 bridgehead atoms. The van der Waals surface area contributed by atoms with Crippen LogP contribution in [0.25, 0.3) is 0 Å². The van der Waals surface area contributed by atoms with Gasteiger partial charge in [-0.2, -0.15) is 0 Å². The number of rotatable bonds is 3. The van der Waals surface area contributed by atoms with Crippen molar-refractivity contribution in [1.29, 1.82) is 0 Å². The van der Waals surface area contributed by atoms with Crippen LogP contribution in [0.4, 0.5) is 10.1 Å². The summed E-state index contributed by atoms with van der Waals surface area (Å²) < 4.78 is 13.1. The van der Waals surface area contributed by atoms with Crippen molar-refractivity contribution >= 4 is 17.6 Å². The molecule has 0 aromatic heterocycles. The highest BCUT2D eigenvalue weighted by Crippen LogP contribution is 2.20. The molecule has 1 heterocycles. The highest BCUT2D eigenvalue weighted by Gasteiger charge is 2.25. The molecule has 5 nitrogen and oxygen atoms in total. The second kappa shape index (κ2) is 6.00. The Morgan fingerprint density at radius 3 is 2.85 bits per heavy atom. The van der Waals surface area contributed by atoms with Gasteiger partial charge < -0.3 is 15.7 Å². The van der Waals surface area contributed by atoms with Crippen LogP contribution in [0.5, 0.6) is 0 Å². The van der Waals surface area contributed by atoms with Gasteiger partial charge in [-0.15, -0.1) is 0 Å². The fraction of sp³-hybridized carbons (Fsp3) is 0.429. The minimum Gasteiger partial charge on any atom is -0.478 e. The number of carboxylic acid groups (broad SMARTS) is 1. The maximum atomic E-state index is 13.1. The first-order chi connectivity index (χ1) is 9.47. The Labute approximate surface area is 116 Å². The topological polar surface area (TPSA) is 78.4 Å². The van der Waals surface area contributed by atoms with E-state index in [0.717, 1.165) is 25.1 Å². The number of benzene rings is 1. The molecule has 1 fully saturated rings. The number of carboxylic acids is 1. The molecule has 1 aromatic carbocycles. The van der Waals surface area contributed by atoms with Crippen molar-refractivity contribution in [2.75, 3.05) is 11.9 Å². The summed E-state index contributed by atoms with van der Waals surface area (Å²) in [6, 6.07) is 2.95. The van der Waals surface area contributed by atoms with Gasteiger partial charge in [-0.05, 0) is 43.5 Å². The molecule has 2 rings (SSSR count). The van der Waals surface area contributed by atoms with E-state index in [-0.39, 0.29) is 23.2 Å². The zero-order valence-electron chi connectivity index (χ0n) is 11.1. The Morgan fingerprint density at radius 2 is 2.20 bits per heavy atom. The molecule has 1 aliphatic rings. The molecule has 0 saturated carbocycles. The van der Waals surface area contributed by atoms with Gasteiger partial charge >= 0.3 is 5.97 Å². The number of hydrogen-bond donors (Lipinski definition) is 3. The van der Waals surface area contributed by atoms with E-state index in [9.17, 15) is 14.0 Å². The molecular weight excluding hydrogens is 263 g/mol. The molecule has 108 valence electrons. The summed E-state index contributed by atoms with van der Waals surface area (Å²) in [7, 11) is 0. The molecule has 1 amide bonds. The van der Waals surface area contributed by atoms with Crippen LogP contribution in [0.15, 0.2) is 18.2 Å². The molecule has 1 aromatic rings. The van der Waals surface area contributed by atoms with Gasteiger partial charge in [0, 0.05) is 0 Å². The van der Waals surface area contributed by atoms with Gasteiger partial charge in [-0.3, -0.25) is 4.79 Å². The predicted molar refractivity (Wildman–Crippen MR) is 72.2 cm³/mol. The molecule has 0 radical (unpaired) electrons. The normalized spacial score (nSPS) is 22.3. The lowest BCUT2D eigenvalue weighted by atomic mass is 9.94. The summed E-state index contributed by atoms with van der Waals surface area (Å²) in [5, 5.41) is 14.7. The standard InChI is InChI=1S/C14H17FN2O3/c1-8-4-5-16-12(6-8)13(18)17-11-3-2-9(15)7-10(11)14(19)20/h2-3,7-8,12,16H,4-6H2,1H3,(H,17,18)(H,19,20). The number of halogens is 1. The first kappa shape index (κ1) is 14.5. The average Bonchev–Trinajstić information content (AvgIpc) is 2.40. The monoisotopic (exact) mass is 280 g/mol. The molecule has 2 unspecified atom stereocenters. The minimum atomic E-state index is -1.27. The lowest BCUT2D eigenvalue weighted by molar-refractivity contribution is -0.119. The second-order valence-electron chi connectivity index (χ2n) is 5.12. The van der Waals surface area contributed by atoms with Crippen molar-refractivity contribution in [2.45, 2.75) is 25.8 Å². The number of hydrogen-bond acceptors (Lipinski definition) is 3. The van der Waals surface area contributed by atoms with E-state index in [1.807, 2.05) is 0 Å². The largest absolute Gasteiger partial charge is 0.478 e. The summed E-state index contributed by atoms with van der Waals surface area (Å²) in [5.74, 6) is -1.76. The van der Waals surface area contributed by atoms with Crippen molar-refractivity contribution in [3.63, 3.8) is 0 Å². The lowest BCUT2D eigenvalue weighted by Gasteiger charge is -2.27. The summed E-state index contributed by atoms with van der Waals surface area (Å²) in [6.45, 7) is 2.83. The summed E-state index contributed by atoms with van der Waals surface area (Å²) in [5.41, 5.74) is -0.133. The van der Waals surface area contributed by atoms with Crippen molar-refractivity contribution in [3.05, 3.63) is 29.6 Å². The molecule has 6 heteroatoms. The molecule has 0 aliphatic carbocycles. The second-order valence-corrected chi connectivity index (χ2v) is 5.12. The predicted octanol–water partition coefficient (Wildman–Crippen LogP) is 1.85. The van der Waals surface area contributed by atoms with Crippen molar-refractivity contribution in [1.82, 2.24) is 5.32 Å². The molecule has 0 spiro atoms. The summed E-state index contributed by atoms with van der Waals surface area (Å²) in [6.07, 6.45) is 1.72. The van der Waals surface area contributed by atoms with Crippen molar-refractivity contribution in [2.24, 2.45) is 5.92 Å². The number of carbonyl (C=O) groups is 2. The Hall–Kier alpha value is -1.95. The minimum absolute atomic E-state index is 0.115. The van der Waals surface area contributed by atoms with Crippen LogP contribution < -0.4 is 10.6 Å². The van der Waals surface area contributed by atoms with Crippen LogP contribution in [0.2, 0.25) is 0 Å². The van der Waals surface area contributed by atoms with Gasteiger partial charge in [0.25, 0.3) is 0 Å². The van der Waals surface area contributed by atoms with Gasteiger partial charge in [0.05, 0.1) is 17.3 Å². The van der Waals surface area contributed by atoms with E-state index in [1.54, 1.807) is 0 Å². The Bertz CT molecular complexity index is 533. The van der Waals surface area contributed by atoms with Gasteiger partial charge in [-0.1, -0.05) is 6.92 Å². The maximum Gasteiger partial charge on any atom is 0.337 e. The molecule has 20 heavy (non-hydrogen) atoms. The smallest absolute Gasteiger partial charge is 0.337 e. The van der Waals surface area contributed by atoms with E-state index in [0.29, 0.717) is 12.3 Å². The van der Waals surface area contributed by atoms with Crippen molar-refractivity contribution in [3.8, 4) is 0 Å². The van der Waals surface area contributed by atoms with Crippen LogP contribution in [0.3, 0.4) is 0 Å². The van der Waals surface area contributed by atoms with Crippen LogP contribution in [0, 0.1) is 11.7 Å². The SMILES string of the molecule is CC1CCNC(C(=O)Nc2ccc(F)cc2C(=O)O)C1. The van der Waals surface area contributed by atoms with Crippen molar-refractivity contribution < 1.29 is 19.1 Å². The van der Waals surface area contributed by atoms with Gasteiger partial charge in [0.1, 0.15) is 5.82 Å². The van der Waals surface area contributed by atoms with E-state index >= 15 is 0 Å². The van der Waals surface area contributed by atoms with E-state index in [4.69, 9.17) is 5.11 Å². The third kappa shape index (κ3) is 3.33. The third-order valence-electron chi connectivity index (χ3n) is 3.45. The number of anilines is 1. The van der Waals surface area contributed by atoms with Gasteiger partial charge in [0.15, 0.2) is 0 Å². The highest BCUT2D eigenvalue weighted by atomic mass is 19.1. The third-order valence-corrected chi connectivity index (χ3v) is 3.45. The molecule has 1 saturated heterocycles. The first-order valence-corrected chi connectivity index (χ1v) is 6.54. The number of carbonyl (C=O) groups excluding carboxylic acids is 1. The summed E-state index contributed by atoms with van der Waals surface area (Å²) in [4.78, 5) is 23.2. The Morgan fingerprint density at radius 1 is 1.45 bits per heavy atom. The summed E-state index contributed by atoms with van der Waals surface area (Å²) >= 11 is 0. The average molecular weight is 280 g/mol. The number of nitrogens with one attached hydrogen (secondary N) is 2. The maximum absolute atomic E-state index is 13.1. The zero-order valence-corrected chi connectivity index (χ0v) is 11.1. The number of aromatic carboxylic acids is 1. The van der Waals surface area contributed by atoms with Crippen LogP contribution in [0.1, 0.15) is 30.1 Å². The number of piperidine rings is 1. The Balaban J connectivity index is 2.13. The van der Waals surface area contributed by atoms with E-state index in [1.165, 1.54) is 6.07 Å². The number of amides is 1. The fourth-order valence-electron chi connectivity index (χ4n) is 2.33. The molecule has 2 atom stereocenters. The van der Waals surface area contributed by atoms with E-state index in [2.05, 4.69) is 17.6 Å². The van der Waals surface area contributed by atoms with Crippen LogP contribution >= 0.6 is 0 Å². The lowest BCUT2D eigenvalue weighted by Crippen LogP contribution is -2.45. The molecule has 1 aliphatic heterocycles. The van der Waals surface area contributed by atoms with E-state index < -0.39 is 11.8 Å². The molecular formula is C14H17FN2O3. The highest BCUT2D eigenvalue weighted by molar-refractivity contribution is 6.02. The zero-order chi connectivity index (χ0) is 14.7. The quantitative estimate of drug-likeness (QED) is 0.789. The van der Waals surface area contributed by atoms with Gasteiger partial charge in [-0.25, -0.2) is 9.18 Å². The first-order valence-electron chi connectivity index (χ1n) is 6.54. The Kier molecular flexibility index (Phi) is 4.34.